The van der Waals surface area contributed by atoms with E-state index in [2.05, 4.69) is 26.8 Å². The van der Waals surface area contributed by atoms with Crippen molar-refractivity contribution < 1.29 is 4.18 Å². The summed E-state index contributed by atoms with van der Waals surface area (Å²) in [4.78, 5) is 0. The minimum atomic E-state index is 0.190. The van der Waals surface area contributed by atoms with Crippen molar-refractivity contribution in [2.24, 2.45) is 23.0 Å². The molecule has 2 nitrogen and oxygen atoms in total. The van der Waals surface area contributed by atoms with Gasteiger partial charge in [-0.25, -0.2) is 0 Å². The lowest BCUT2D eigenvalue weighted by Crippen LogP contribution is -2.17. The summed E-state index contributed by atoms with van der Waals surface area (Å²) in [5.74, 6) is 2.22. The minimum absolute atomic E-state index is 0.190. The number of hydrogen-bond donors (Lipinski definition) is 2. The third kappa shape index (κ3) is 1.86. The van der Waals surface area contributed by atoms with Gasteiger partial charge in [-0.3, -0.25) is 0 Å². The number of allylic oxidation sites excluding steroid dienone is 2. The molecule has 1 fully saturated rings. The third-order valence-corrected chi connectivity index (χ3v) is 3.48. The molecule has 0 amide bonds. The van der Waals surface area contributed by atoms with E-state index in [9.17, 15) is 0 Å². The second-order valence-corrected chi connectivity index (χ2v) is 4.37. The Bertz CT molecular complexity index is 217. The summed E-state index contributed by atoms with van der Waals surface area (Å²) in [5.41, 5.74) is 5.83. The lowest BCUT2D eigenvalue weighted by Gasteiger charge is -2.16. The van der Waals surface area contributed by atoms with Crippen LogP contribution in [0.2, 0.25) is 0 Å². The quantitative estimate of drug-likeness (QED) is 0.416. The first-order valence-electron chi connectivity index (χ1n) is 4.78. The van der Waals surface area contributed by atoms with Crippen LogP contribution in [0.1, 0.15) is 27.2 Å². The van der Waals surface area contributed by atoms with Crippen molar-refractivity contribution in [3.63, 3.8) is 0 Å². The van der Waals surface area contributed by atoms with E-state index in [-0.39, 0.29) is 5.41 Å². The lowest BCUT2D eigenvalue weighted by atomic mass is 9.96. The maximum absolute atomic E-state index is 5.64. The topological polar surface area (TPSA) is 35.2 Å². The molecule has 3 unspecified atom stereocenters. The van der Waals surface area contributed by atoms with Gasteiger partial charge in [0.2, 0.25) is 0 Å². The maximum atomic E-state index is 5.64. The van der Waals surface area contributed by atoms with Crippen LogP contribution >= 0.6 is 12.9 Å². The van der Waals surface area contributed by atoms with Crippen molar-refractivity contribution in [1.82, 2.24) is 0 Å². The molecule has 76 valence electrons. The molecule has 1 aliphatic carbocycles. The Hall–Kier alpha value is -0.150. The van der Waals surface area contributed by atoms with E-state index in [1.165, 1.54) is 6.42 Å². The first kappa shape index (κ1) is 10.9. The molecule has 0 heterocycles. The summed E-state index contributed by atoms with van der Waals surface area (Å²) >= 11 is 3.87. The van der Waals surface area contributed by atoms with E-state index >= 15 is 0 Å². The second-order valence-electron chi connectivity index (χ2n) is 4.19. The molecule has 0 bridgehead atoms. The molecular weight excluding hydrogens is 182 g/mol. The summed E-state index contributed by atoms with van der Waals surface area (Å²) in [6.07, 6.45) is 3.17. The Labute approximate surface area is 86.1 Å². The van der Waals surface area contributed by atoms with Gasteiger partial charge in [0.25, 0.3) is 0 Å². The molecule has 0 aromatic carbocycles. The fraction of sp³-hybridized carbons (Fsp3) is 0.800. The number of rotatable bonds is 4. The van der Waals surface area contributed by atoms with E-state index < -0.39 is 0 Å². The smallest absolute Gasteiger partial charge is 0.116 e. The van der Waals surface area contributed by atoms with E-state index in [1.807, 2.05) is 13.0 Å². The van der Waals surface area contributed by atoms with Gasteiger partial charge in [0.1, 0.15) is 5.76 Å². The predicted molar refractivity (Wildman–Crippen MR) is 58.3 cm³/mol. The van der Waals surface area contributed by atoms with Crippen LogP contribution in [-0.4, -0.2) is 6.54 Å². The van der Waals surface area contributed by atoms with Gasteiger partial charge in [0.15, 0.2) is 0 Å². The number of nitrogens with two attached hydrogens (primary N) is 1. The van der Waals surface area contributed by atoms with Gasteiger partial charge in [0, 0.05) is 18.3 Å². The molecule has 0 radical (unpaired) electrons. The van der Waals surface area contributed by atoms with Gasteiger partial charge in [-0.15, -0.1) is 0 Å². The highest BCUT2D eigenvalue weighted by Gasteiger charge is 2.55. The highest BCUT2D eigenvalue weighted by molar-refractivity contribution is 7.75. The fourth-order valence-electron chi connectivity index (χ4n) is 2.16. The van der Waals surface area contributed by atoms with Crippen molar-refractivity contribution in [3.8, 4) is 0 Å². The van der Waals surface area contributed by atoms with E-state index in [1.54, 1.807) is 0 Å². The fourth-order valence-corrected chi connectivity index (χ4v) is 2.48. The molecule has 0 aliphatic heterocycles. The molecule has 1 rings (SSSR count). The second kappa shape index (κ2) is 3.93. The Morgan fingerprint density at radius 1 is 1.85 bits per heavy atom. The van der Waals surface area contributed by atoms with Crippen molar-refractivity contribution in [3.05, 3.63) is 11.8 Å². The molecule has 0 saturated heterocycles. The van der Waals surface area contributed by atoms with Crippen LogP contribution in [0.25, 0.3) is 0 Å². The standard InChI is InChI=1S/C10H19NOS/c1-4-9(12-13)10(3)5-8(10)7(2)6-11/h4,7-8,13H,5-6,11H2,1-3H3/b9-4-. The van der Waals surface area contributed by atoms with E-state index in [0.29, 0.717) is 11.8 Å². The molecule has 0 spiro atoms. The molecular formula is C10H19NOS. The average Bonchev–Trinajstić information content (AvgIpc) is 2.80. The molecule has 2 N–H and O–H groups in total. The summed E-state index contributed by atoms with van der Waals surface area (Å²) in [7, 11) is 0. The van der Waals surface area contributed by atoms with Gasteiger partial charge >= 0.3 is 0 Å². The lowest BCUT2D eigenvalue weighted by molar-refractivity contribution is 0.346. The largest absolute Gasteiger partial charge is 0.433 e. The zero-order valence-corrected chi connectivity index (χ0v) is 9.47. The molecule has 13 heavy (non-hydrogen) atoms. The first-order valence-corrected chi connectivity index (χ1v) is 5.15. The highest BCUT2D eigenvalue weighted by atomic mass is 32.1. The van der Waals surface area contributed by atoms with Crippen LogP contribution in [0.4, 0.5) is 0 Å². The van der Waals surface area contributed by atoms with Crippen LogP contribution < -0.4 is 5.73 Å². The van der Waals surface area contributed by atoms with Gasteiger partial charge < -0.3 is 9.92 Å². The van der Waals surface area contributed by atoms with E-state index in [0.717, 1.165) is 12.3 Å². The summed E-state index contributed by atoms with van der Waals surface area (Å²) in [6.45, 7) is 7.15. The van der Waals surface area contributed by atoms with Crippen molar-refractivity contribution in [1.29, 1.82) is 0 Å². The van der Waals surface area contributed by atoms with Crippen LogP contribution in [0, 0.1) is 17.3 Å². The summed E-state index contributed by atoms with van der Waals surface area (Å²) in [6, 6.07) is 0. The van der Waals surface area contributed by atoms with Crippen LogP contribution in [0.15, 0.2) is 11.8 Å². The van der Waals surface area contributed by atoms with Crippen molar-refractivity contribution in [2.45, 2.75) is 27.2 Å². The molecule has 3 atom stereocenters. The molecule has 0 aromatic heterocycles. The monoisotopic (exact) mass is 201 g/mol. The Morgan fingerprint density at radius 2 is 2.46 bits per heavy atom. The number of thiol groups is 1. The predicted octanol–water partition coefficient (Wildman–Crippen LogP) is 2.37. The highest BCUT2D eigenvalue weighted by Crippen LogP contribution is 2.60. The minimum Gasteiger partial charge on any atom is -0.433 e. The molecule has 0 aromatic rings. The average molecular weight is 201 g/mol. The Morgan fingerprint density at radius 3 is 2.85 bits per heavy atom. The van der Waals surface area contributed by atoms with Gasteiger partial charge in [0.05, 0.1) is 0 Å². The van der Waals surface area contributed by atoms with Crippen LogP contribution in [0.3, 0.4) is 0 Å². The van der Waals surface area contributed by atoms with Crippen molar-refractivity contribution >= 4 is 12.9 Å². The zero-order valence-electron chi connectivity index (χ0n) is 8.58. The normalized spacial score (nSPS) is 35.8. The maximum Gasteiger partial charge on any atom is 0.116 e. The SMILES string of the molecule is C/C=C(\OS)C1(C)CC1C(C)CN. The van der Waals surface area contributed by atoms with Gasteiger partial charge in [-0.05, 0) is 37.8 Å². The first-order chi connectivity index (χ1) is 6.10. The number of hydrogen-bond acceptors (Lipinski definition) is 3. The summed E-state index contributed by atoms with van der Waals surface area (Å²) in [5, 5.41) is 0. The summed E-state index contributed by atoms with van der Waals surface area (Å²) < 4.78 is 5.07. The zero-order chi connectivity index (χ0) is 10.1. The Balaban J connectivity index is 2.63. The van der Waals surface area contributed by atoms with Gasteiger partial charge in [-0.1, -0.05) is 13.8 Å². The van der Waals surface area contributed by atoms with E-state index in [4.69, 9.17) is 9.92 Å². The van der Waals surface area contributed by atoms with Crippen molar-refractivity contribution in [2.75, 3.05) is 6.54 Å². The Kier molecular flexibility index (Phi) is 3.30. The molecule has 1 saturated carbocycles. The third-order valence-electron chi connectivity index (χ3n) is 3.28. The molecule has 3 heteroatoms. The van der Waals surface area contributed by atoms with Crippen LogP contribution in [0.5, 0.6) is 0 Å². The van der Waals surface area contributed by atoms with Gasteiger partial charge in [-0.2, -0.15) is 0 Å². The molecule has 1 aliphatic rings. The van der Waals surface area contributed by atoms with Crippen LogP contribution in [-0.2, 0) is 4.18 Å².